The van der Waals surface area contributed by atoms with Gasteiger partial charge in [0, 0.05) is 24.7 Å². The molecule has 3 aliphatic rings. The van der Waals surface area contributed by atoms with Gasteiger partial charge in [0.15, 0.2) is 5.58 Å². The van der Waals surface area contributed by atoms with Crippen molar-refractivity contribution >= 4 is 22.9 Å². The number of likely N-dealkylation sites (tertiary alicyclic amines) is 1. The molecule has 1 saturated heterocycles. The molecule has 34 heavy (non-hydrogen) atoms. The van der Waals surface area contributed by atoms with Crippen molar-refractivity contribution in [1.29, 1.82) is 0 Å². The van der Waals surface area contributed by atoms with Crippen molar-refractivity contribution in [3.05, 3.63) is 23.6 Å². The van der Waals surface area contributed by atoms with Gasteiger partial charge in [0.1, 0.15) is 17.0 Å². The normalized spacial score (nSPS) is 24.9. The van der Waals surface area contributed by atoms with E-state index in [9.17, 15) is 9.59 Å². The summed E-state index contributed by atoms with van der Waals surface area (Å²) in [6.07, 6.45) is 11.7. The summed E-state index contributed by atoms with van der Waals surface area (Å²) in [5.74, 6) is 0.740. The lowest BCUT2D eigenvalue weighted by Gasteiger charge is -2.45. The highest BCUT2D eigenvalue weighted by Gasteiger charge is 2.48. The molecule has 1 atom stereocenters. The summed E-state index contributed by atoms with van der Waals surface area (Å²) in [6.45, 7) is 8.19. The SMILES string of the molecule is Cc1cc2c(cc3n2C[C@](C)(C(=O)NC2CCCCC2)N(CCCN2CCCCCC2)C3=O)o1. The third-order valence-corrected chi connectivity index (χ3v) is 8.22. The van der Waals surface area contributed by atoms with Gasteiger partial charge in [0.2, 0.25) is 5.91 Å². The van der Waals surface area contributed by atoms with E-state index in [4.69, 9.17) is 4.42 Å². The number of aryl methyl sites for hydroxylation is 1. The molecule has 186 valence electrons. The van der Waals surface area contributed by atoms with Crippen molar-refractivity contribution in [2.24, 2.45) is 0 Å². The first-order valence-electron chi connectivity index (χ1n) is 13.4. The van der Waals surface area contributed by atoms with Crippen molar-refractivity contribution in [1.82, 2.24) is 19.7 Å². The van der Waals surface area contributed by atoms with Crippen LogP contribution in [0.15, 0.2) is 16.5 Å². The fraction of sp³-hybridized carbons (Fsp3) is 0.704. The van der Waals surface area contributed by atoms with Crippen LogP contribution in [-0.2, 0) is 11.3 Å². The summed E-state index contributed by atoms with van der Waals surface area (Å²) in [5, 5.41) is 3.32. The number of carbonyl (C=O) groups excluding carboxylic acids is 2. The second kappa shape index (κ2) is 9.76. The molecule has 1 N–H and O–H groups in total. The zero-order chi connectivity index (χ0) is 23.7. The molecule has 5 rings (SSSR count). The molecule has 0 unspecified atom stereocenters. The number of carbonyl (C=O) groups is 2. The maximum atomic E-state index is 13.8. The third-order valence-electron chi connectivity index (χ3n) is 8.22. The van der Waals surface area contributed by atoms with E-state index in [1.54, 1.807) is 0 Å². The Balaban J connectivity index is 1.38. The summed E-state index contributed by atoms with van der Waals surface area (Å²) in [5.41, 5.74) is 1.34. The second-order valence-electron chi connectivity index (χ2n) is 10.9. The number of hydrogen-bond donors (Lipinski definition) is 1. The van der Waals surface area contributed by atoms with Crippen LogP contribution in [0, 0.1) is 6.92 Å². The van der Waals surface area contributed by atoms with Crippen LogP contribution in [0.4, 0.5) is 0 Å². The average molecular weight is 469 g/mol. The van der Waals surface area contributed by atoms with Gasteiger partial charge in [-0.15, -0.1) is 0 Å². The Labute approximate surface area is 202 Å². The van der Waals surface area contributed by atoms with Crippen LogP contribution < -0.4 is 5.32 Å². The molecule has 4 heterocycles. The summed E-state index contributed by atoms with van der Waals surface area (Å²) in [4.78, 5) is 31.9. The van der Waals surface area contributed by atoms with Crippen molar-refractivity contribution < 1.29 is 14.0 Å². The fourth-order valence-corrected chi connectivity index (χ4v) is 6.21. The van der Waals surface area contributed by atoms with E-state index < -0.39 is 5.54 Å². The molecular weight excluding hydrogens is 428 g/mol. The van der Waals surface area contributed by atoms with Gasteiger partial charge < -0.3 is 24.1 Å². The average Bonchev–Trinajstić information content (AvgIpc) is 3.21. The van der Waals surface area contributed by atoms with Crippen LogP contribution in [0.5, 0.6) is 0 Å². The van der Waals surface area contributed by atoms with Gasteiger partial charge in [0.25, 0.3) is 5.91 Å². The largest absolute Gasteiger partial charge is 0.460 e. The lowest BCUT2D eigenvalue weighted by atomic mass is 9.91. The molecule has 2 aromatic heterocycles. The molecule has 0 spiro atoms. The van der Waals surface area contributed by atoms with Gasteiger partial charge in [-0.05, 0) is 65.6 Å². The van der Waals surface area contributed by atoms with Gasteiger partial charge in [0.05, 0.1) is 12.1 Å². The Hall–Kier alpha value is -2.28. The topological polar surface area (TPSA) is 70.7 Å². The summed E-state index contributed by atoms with van der Waals surface area (Å²) >= 11 is 0. The highest BCUT2D eigenvalue weighted by atomic mass is 16.3. The lowest BCUT2D eigenvalue weighted by Crippen LogP contribution is -2.65. The highest BCUT2D eigenvalue weighted by Crippen LogP contribution is 2.34. The van der Waals surface area contributed by atoms with Gasteiger partial charge in [-0.3, -0.25) is 9.59 Å². The molecule has 2 aliphatic heterocycles. The molecule has 1 aliphatic carbocycles. The highest BCUT2D eigenvalue weighted by molar-refractivity contribution is 6.03. The van der Waals surface area contributed by atoms with Crippen molar-refractivity contribution in [3.63, 3.8) is 0 Å². The second-order valence-corrected chi connectivity index (χ2v) is 10.9. The number of nitrogens with one attached hydrogen (secondary N) is 1. The first-order valence-corrected chi connectivity index (χ1v) is 13.4. The number of aromatic nitrogens is 1. The number of rotatable bonds is 6. The maximum absolute atomic E-state index is 13.8. The van der Waals surface area contributed by atoms with E-state index in [-0.39, 0.29) is 17.9 Å². The van der Waals surface area contributed by atoms with Crippen LogP contribution in [0.2, 0.25) is 0 Å². The van der Waals surface area contributed by atoms with Gasteiger partial charge in [-0.1, -0.05) is 32.1 Å². The van der Waals surface area contributed by atoms with E-state index >= 15 is 0 Å². The van der Waals surface area contributed by atoms with E-state index in [2.05, 4.69) is 10.2 Å². The van der Waals surface area contributed by atoms with Gasteiger partial charge in [-0.25, -0.2) is 0 Å². The first-order chi connectivity index (χ1) is 16.5. The van der Waals surface area contributed by atoms with E-state index in [0.29, 0.717) is 18.8 Å². The van der Waals surface area contributed by atoms with Crippen LogP contribution in [-0.4, -0.2) is 63.9 Å². The molecule has 1 saturated carbocycles. The van der Waals surface area contributed by atoms with E-state index in [0.717, 1.165) is 68.6 Å². The Bertz CT molecular complexity index is 1030. The summed E-state index contributed by atoms with van der Waals surface area (Å²) < 4.78 is 7.83. The minimum absolute atomic E-state index is 0.0183. The van der Waals surface area contributed by atoms with Crippen molar-refractivity contribution in [2.75, 3.05) is 26.2 Å². The van der Waals surface area contributed by atoms with Crippen LogP contribution in [0.3, 0.4) is 0 Å². The molecule has 2 aromatic rings. The quantitative estimate of drug-likeness (QED) is 0.679. The summed E-state index contributed by atoms with van der Waals surface area (Å²) in [7, 11) is 0. The molecule has 0 bridgehead atoms. The molecule has 2 fully saturated rings. The maximum Gasteiger partial charge on any atom is 0.271 e. The summed E-state index contributed by atoms with van der Waals surface area (Å²) in [6, 6.07) is 4.04. The van der Waals surface area contributed by atoms with E-state index in [1.165, 1.54) is 32.1 Å². The van der Waals surface area contributed by atoms with Crippen molar-refractivity contribution in [2.45, 2.75) is 96.2 Å². The Morgan fingerprint density at radius 1 is 1.06 bits per heavy atom. The minimum atomic E-state index is -0.919. The molecule has 0 radical (unpaired) electrons. The minimum Gasteiger partial charge on any atom is -0.460 e. The smallest absolute Gasteiger partial charge is 0.271 e. The van der Waals surface area contributed by atoms with Crippen molar-refractivity contribution in [3.8, 4) is 0 Å². The Kier molecular flexibility index (Phi) is 6.74. The molecule has 0 aromatic carbocycles. The number of fused-ring (bicyclic) bond motifs is 3. The van der Waals surface area contributed by atoms with Gasteiger partial charge >= 0.3 is 0 Å². The Morgan fingerprint density at radius 2 is 1.76 bits per heavy atom. The number of amides is 2. The number of furan rings is 1. The number of hydrogen-bond acceptors (Lipinski definition) is 4. The van der Waals surface area contributed by atoms with Gasteiger partial charge in [-0.2, -0.15) is 0 Å². The molecule has 7 nitrogen and oxygen atoms in total. The van der Waals surface area contributed by atoms with E-state index in [1.807, 2.05) is 35.4 Å². The van der Waals surface area contributed by atoms with Crippen LogP contribution in [0.1, 0.15) is 87.4 Å². The Morgan fingerprint density at radius 3 is 2.50 bits per heavy atom. The standard InChI is InChI=1S/C27H40N4O3/c1-20-17-22-24(34-20)18-23-25(32)31(16-10-15-29-13-8-3-4-9-14-29)27(2,19-30(22)23)26(33)28-21-11-6-5-7-12-21/h17-18,21H,3-16,19H2,1-2H3,(H,28,33)/t27-/m1/s1. The molecule has 7 heteroatoms. The fourth-order valence-electron chi connectivity index (χ4n) is 6.21. The zero-order valence-corrected chi connectivity index (χ0v) is 20.9. The third kappa shape index (κ3) is 4.51. The molecular formula is C27H40N4O3. The monoisotopic (exact) mass is 468 g/mol. The number of nitrogens with zero attached hydrogens (tertiary/aromatic N) is 3. The van der Waals surface area contributed by atoms with Crippen LogP contribution >= 0.6 is 0 Å². The zero-order valence-electron chi connectivity index (χ0n) is 20.9. The molecule has 2 amide bonds. The predicted molar refractivity (Wildman–Crippen MR) is 133 cm³/mol. The predicted octanol–water partition coefficient (Wildman–Crippen LogP) is 4.47. The van der Waals surface area contributed by atoms with Crippen LogP contribution in [0.25, 0.3) is 11.1 Å². The lowest BCUT2D eigenvalue weighted by molar-refractivity contribution is -0.133. The first kappa shape index (κ1) is 23.5.